The van der Waals surface area contributed by atoms with Crippen LogP contribution < -0.4 is 19.5 Å². The molecular weight excluding hydrogens is 418 g/mol. The van der Waals surface area contributed by atoms with E-state index in [9.17, 15) is 4.79 Å². The van der Waals surface area contributed by atoms with Gasteiger partial charge in [0, 0.05) is 11.3 Å². The van der Waals surface area contributed by atoms with Gasteiger partial charge in [-0.1, -0.05) is 31.2 Å². The highest BCUT2D eigenvalue weighted by Gasteiger charge is 2.28. The highest BCUT2D eigenvalue weighted by atomic mass is 16.7. The molecule has 2 heterocycles. The third-order valence-corrected chi connectivity index (χ3v) is 5.68. The second-order valence-electron chi connectivity index (χ2n) is 7.67. The molecule has 33 heavy (non-hydrogen) atoms. The zero-order chi connectivity index (χ0) is 22.8. The Hall–Kier alpha value is -4.13. The summed E-state index contributed by atoms with van der Waals surface area (Å²) in [6.07, 6.45) is 0.698. The van der Waals surface area contributed by atoms with E-state index in [1.807, 2.05) is 48.5 Å². The first-order valence-corrected chi connectivity index (χ1v) is 10.8. The highest BCUT2D eigenvalue weighted by molar-refractivity contribution is 6.19. The van der Waals surface area contributed by atoms with Crippen molar-refractivity contribution in [3.8, 4) is 17.2 Å². The fourth-order valence-corrected chi connectivity index (χ4v) is 3.98. The van der Waals surface area contributed by atoms with Gasteiger partial charge in [0.05, 0.1) is 24.4 Å². The first-order valence-electron chi connectivity index (χ1n) is 10.8. The molecule has 1 unspecified atom stereocenters. The Morgan fingerprint density at radius 3 is 2.45 bits per heavy atom. The third-order valence-electron chi connectivity index (χ3n) is 5.68. The monoisotopic (exact) mass is 441 g/mol. The number of benzene rings is 3. The Balaban J connectivity index is 1.56. The number of carbonyl (C=O) groups excluding carboxylic acids is 1. The summed E-state index contributed by atoms with van der Waals surface area (Å²) in [6.45, 7) is 2.21. The van der Waals surface area contributed by atoms with E-state index in [1.54, 1.807) is 25.3 Å². The predicted octanol–water partition coefficient (Wildman–Crippen LogP) is 5.16. The lowest BCUT2D eigenvalue weighted by molar-refractivity contribution is 0.0976. The lowest BCUT2D eigenvalue weighted by atomic mass is 9.90. The molecule has 3 aromatic carbocycles. The van der Waals surface area contributed by atoms with Gasteiger partial charge >= 0.3 is 0 Å². The fraction of sp³-hybridized carbons (Fsp3) is 0.192. The van der Waals surface area contributed by atoms with Crippen molar-refractivity contribution >= 4 is 28.8 Å². The van der Waals surface area contributed by atoms with Crippen molar-refractivity contribution in [2.45, 2.75) is 19.3 Å². The molecule has 166 valence electrons. The molecule has 7 nitrogen and oxygen atoms in total. The molecule has 0 aromatic heterocycles. The number of rotatable bonds is 4. The highest BCUT2D eigenvalue weighted by Crippen LogP contribution is 2.36. The van der Waals surface area contributed by atoms with Gasteiger partial charge in [0.2, 0.25) is 6.79 Å². The van der Waals surface area contributed by atoms with Crippen LogP contribution >= 0.6 is 0 Å². The van der Waals surface area contributed by atoms with Gasteiger partial charge in [-0.3, -0.25) is 9.79 Å². The number of amidine groups is 1. The van der Waals surface area contributed by atoms with E-state index in [2.05, 4.69) is 12.2 Å². The summed E-state index contributed by atoms with van der Waals surface area (Å²) in [7, 11) is 1.63. The van der Waals surface area contributed by atoms with Crippen LogP contribution in [0.25, 0.3) is 0 Å². The molecule has 1 atom stereocenters. The molecule has 0 radical (unpaired) electrons. The number of hydrogen-bond donors (Lipinski definition) is 1. The molecule has 3 aromatic rings. The maximum atomic E-state index is 13.3. The molecule has 5 rings (SSSR count). The average Bonchev–Trinajstić information content (AvgIpc) is 3.26. The molecular formula is C26H23N3O4. The smallest absolute Gasteiger partial charge is 0.256 e. The standard InChI is InChI=1S/C26H23N3O4/c1-3-19-24(16-8-11-18(31-2)12-9-16)25(28-21-7-5-4-6-20(21)27-19)29-26(30)17-10-13-22-23(14-17)33-15-32-22/h4-14,24H,3,15H2,1-2H3,(H,28,29,30). The Kier molecular flexibility index (Phi) is 5.52. The van der Waals surface area contributed by atoms with Crippen LogP contribution in [0, 0.1) is 0 Å². The second-order valence-corrected chi connectivity index (χ2v) is 7.67. The minimum absolute atomic E-state index is 0.153. The van der Waals surface area contributed by atoms with Crippen molar-refractivity contribution in [3.05, 3.63) is 77.9 Å². The molecule has 2 aliphatic heterocycles. The van der Waals surface area contributed by atoms with Crippen LogP contribution in [0.15, 0.2) is 76.7 Å². The van der Waals surface area contributed by atoms with E-state index in [1.165, 1.54) is 0 Å². The summed E-state index contributed by atoms with van der Waals surface area (Å²) in [5, 5.41) is 3.05. The summed E-state index contributed by atoms with van der Waals surface area (Å²) in [6, 6.07) is 20.6. The molecule has 0 spiro atoms. The van der Waals surface area contributed by atoms with Crippen molar-refractivity contribution in [1.29, 1.82) is 0 Å². The Morgan fingerprint density at radius 2 is 1.73 bits per heavy atom. The molecule has 0 saturated carbocycles. The summed E-state index contributed by atoms with van der Waals surface area (Å²) in [4.78, 5) is 23.0. The lowest BCUT2D eigenvalue weighted by Gasteiger charge is -2.21. The second kappa shape index (κ2) is 8.78. The van der Waals surface area contributed by atoms with Crippen LogP contribution in [0.3, 0.4) is 0 Å². The van der Waals surface area contributed by atoms with Gasteiger partial charge < -0.3 is 19.5 Å². The van der Waals surface area contributed by atoms with E-state index < -0.39 is 0 Å². The maximum absolute atomic E-state index is 13.3. The van der Waals surface area contributed by atoms with Crippen LogP contribution in [0.4, 0.5) is 11.4 Å². The summed E-state index contributed by atoms with van der Waals surface area (Å²) in [5.41, 5.74) is 3.83. The minimum Gasteiger partial charge on any atom is -0.497 e. The molecule has 1 amide bonds. The maximum Gasteiger partial charge on any atom is 0.256 e. The van der Waals surface area contributed by atoms with Crippen molar-refractivity contribution in [2.24, 2.45) is 9.98 Å². The van der Waals surface area contributed by atoms with Crippen LogP contribution in [0.2, 0.25) is 0 Å². The number of nitrogens with one attached hydrogen (secondary N) is 1. The van der Waals surface area contributed by atoms with Gasteiger partial charge in [-0.25, -0.2) is 4.99 Å². The zero-order valence-electron chi connectivity index (χ0n) is 18.4. The number of amides is 1. The number of aliphatic imine (C=N–C) groups is 2. The molecule has 0 fully saturated rings. The van der Waals surface area contributed by atoms with Gasteiger partial charge in [-0.2, -0.15) is 0 Å². The number of methoxy groups -OCH3 is 1. The molecule has 0 saturated heterocycles. The zero-order valence-corrected chi connectivity index (χ0v) is 18.4. The first kappa shape index (κ1) is 20.8. The Bertz CT molecular complexity index is 1260. The first-order chi connectivity index (χ1) is 16.2. The van der Waals surface area contributed by atoms with Crippen molar-refractivity contribution in [2.75, 3.05) is 13.9 Å². The van der Waals surface area contributed by atoms with E-state index in [0.29, 0.717) is 35.0 Å². The summed E-state index contributed by atoms with van der Waals surface area (Å²) in [5.74, 6) is 1.87. The number of carbonyl (C=O) groups is 1. The average molecular weight is 441 g/mol. The van der Waals surface area contributed by atoms with Crippen LogP contribution in [-0.4, -0.2) is 31.4 Å². The Labute approximate surface area is 191 Å². The number of ether oxygens (including phenoxy) is 3. The minimum atomic E-state index is -0.314. The van der Waals surface area contributed by atoms with Crippen molar-refractivity contribution in [3.63, 3.8) is 0 Å². The number of nitrogens with zero attached hydrogens (tertiary/aromatic N) is 2. The largest absolute Gasteiger partial charge is 0.497 e. The van der Waals surface area contributed by atoms with E-state index in [0.717, 1.165) is 22.7 Å². The van der Waals surface area contributed by atoms with Gasteiger partial charge in [-0.15, -0.1) is 0 Å². The third kappa shape index (κ3) is 4.05. The number of para-hydroxylation sites is 2. The van der Waals surface area contributed by atoms with Crippen molar-refractivity contribution < 1.29 is 19.0 Å². The van der Waals surface area contributed by atoms with E-state index >= 15 is 0 Å². The normalized spacial score (nSPS) is 16.2. The lowest BCUT2D eigenvalue weighted by Crippen LogP contribution is -2.37. The SMILES string of the molecule is CCC1=Nc2ccccc2N=C(NC(=O)c2ccc3c(c2)OCO3)C1c1ccc(OC)cc1. The topological polar surface area (TPSA) is 81.5 Å². The van der Waals surface area contributed by atoms with Crippen molar-refractivity contribution in [1.82, 2.24) is 5.32 Å². The predicted molar refractivity (Wildman–Crippen MR) is 127 cm³/mol. The van der Waals surface area contributed by atoms with Crippen LogP contribution in [-0.2, 0) is 0 Å². The summed E-state index contributed by atoms with van der Waals surface area (Å²) >= 11 is 0. The number of hydrogen-bond acceptors (Lipinski definition) is 6. The van der Waals surface area contributed by atoms with Crippen LogP contribution in [0.1, 0.15) is 35.2 Å². The molecule has 0 aliphatic carbocycles. The van der Waals surface area contributed by atoms with E-state index in [4.69, 9.17) is 24.2 Å². The molecule has 7 heteroatoms. The van der Waals surface area contributed by atoms with Crippen LogP contribution in [0.5, 0.6) is 17.2 Å². The van der Waals surface area contributed by atoms with E-state index in [-0.39, 0.29) is 18.6 Å². The van der Waals surface area contributed by atoms with Gasteiger partial charge in [0.15, 0.2) is 11.5 Å². The molecule has 1 N–H and O–H groups in total. The quantitative estimate of drug-likeness (QED) is 0.606. The summed E-state index contributed by atoms with van der Waals surface area (Å²) < 4.78 is 16.1. The number of fused-ring (bicyclic) bond motifs is 2. The van der Waals surface area contributed by atoms with Gasteiger partial charge in [-0.05, 0) is 54.4 Å². The molecule has 0 bridgehead atoms. The Morgan fingerprint density at radius 1 is 1.00 bits per heavy atom. The van der Waals surface area contributed by atoms with Gasteiger partial charge in [0.25, 0.3) is 5.91 Å². The van der Waals surface area contributed by atoms with Gasteiger partial charge in [0.1, 0.15) is 11.6 Å². The molecule has 2 aliphatic rings. The fourth-order valence-electron chi connectivity index (χ4n) is 3.98.